The molecule has 4 nitrogen and oxygen atoms in total. The lowest BCUT2D eigenvalue weighted by Gasteiger charge is -2.09. The van der Waals surface area contributed by atoms with Gasteiger partial charge in [0, 0.05) is 0 Å². The molecule has 0 bridgehead atoms. The second-order valence-corrected chi connectivity index (χ2v) is 6.19. The van der Waals surface area contributed by atoms with Crippen LogP contribution in [0.15, 0.2) is 77.2 Å². The first-order valence-corrected chi connectivity index (χ1v) is 8.28. The lowest BCUT2D eigenvalue weighted by atomic mass is 9.99. The SMILES string of the molecule is Cc1cccc(NN=NNc2ccc(-c3cccc(C)c3)c(C)c2)c1. The summed E-state index contributed by atoms with van der Waals surface area (Å²) in [6, 6.07) is 22.7. The van der Waals surface area contributed by atoms with E-state index in [0.29, 0.717) is 0 Å². The molecule has 0 saturated carbocycles. The highest BCUT2D eigenvalue weighted by molar-refractivity contribution is 5.70. The summed E-state index contributed by atoms with van der Waals surface area (Å²) < 4.78 is 0. The molecule has 0 aliphatic rings. The lowest BCUT2D eigenvalue weighted by Crippen LogP contribution is -1.93. The zero-order valence-corrected chi connectivity index (χ0v) is 14.7. The molecule has 0 aliphatic carbocycles. The van der Waals surface area contributed by atoms with Gasteiger partial charge in [-0.1, -0.05) is 58.5 Å². The van der Waals surface area contributed by atoms with Gasteiger partial charge in [0.05, 0.1) is 11.4 Å². The minimum absolute atomic E-state index is 0.906. The molecule has 25 heavy (non-hydrogen) atoms. The van der Waals surface area contributed by atoms with Gasteiger partial charge in [0.1, 0.15) is 0 Å². The first-order valence-electron chi connectivity index (χ1n) is 8.28. The molecule has 0 aliphatic heterocycles. The van der Waals surface area contributed by atoms with Crippen LogP contribution < -0.4 is 10.9 Å². The fraction of sp³-hybridized carbons (Fsp3) is 0.143. The molecule has 0 atom stereocenters. The van der Waals surface area contributed by atoms with Gasteiger partial charge in [0.2, 0.25) is 0 Å². The van der Waals surface area contributed by atoms with E-state index in [2.05, 4.69) is 71.5 Å². The summed E-state index contributed by atoms with van der Waals surface area (Å²) in [7, 11) is 0. The number of hydrogen-bond acceptors (Lipinski definition) is 2. The summed E-state index contributed by atoms with van der Waals surface area (Å²) >= 11 is 0. The van der Waals surface area contributed by atoms with E-state index in [1.54, 1.807) is 0 Å². The molecule has 0 fully saturated rings. The monoisotopic (exact) mass is 330 g/mol. The Bertz CT molecular complexity index is 900. The van der Waals surface area contributed by atoms with E-state index in [9.17, 15) is 0 Å². The van der Waals surface area contributed by atoms with Crippen LogP contribution in [0.2, 0.25) is 0 Å². The van der Waals surface area contributed by atoms with Crippen molar-refractivity contribution in [2.45, 2.75) is 20.8 Å². The second-order valence-electron chi connectivity index (χ2n) is 6.19. The molecular formula is C21H22N4. The zero-order chi connectivity index (χ0) is 17.6. The van der Waals surface area contributed by atoms with Gasteiger partial charge < -0.3 is 0 Å². The van der Waals surface area contributed by atoms with Gasteiger partial charge in [-0.15, -0.1) is 0 Å². The molecule has 3 aromatic rings. The van der Waals surface area contributed by atoms with Gasteiger partial charge in [0.15, 0.2) is 0 Å². The number of aryl methyl sites for hydroxylation is 3. The third-order valence-electron chi connectivity index (χ3n) is 3.98. The quantitative estimate of drug-likeness (QED) is 0.439. The fourth-order valence-electron chi connectivity index (χ4n) is 2.75. The first kappa shape index (κ1) is 16.7. The molecule has 0 aromatic heterocycles. The van der Waals surface area contributed by atoms with Crippen molar-refractivity contribution in [3.8, 4) is 11.1 Å². The Hall–Kier alpha value is -3.14. The second kappa shape index (κ2) is 7.62. The van der Waals surface area contributed by atoms with Crippen LogP contribution in [0.5, 0.6) is 0 Å². The summed E-state index contributed by atoms with van der Waals surface area (Å²) in [6.45, 7) is 6.25. The Balaban J connectivity index is 1.66. The third-order valence-corrected chi connectivity index (χ3v) is 3.98. The highest BCUT2D eigenvalue weighted by atomic mass is 15.5. The molecule has 2 N–H and O–H groups in total. The molecular weight excluding hydrogens is 308 g/mol. The van der Waals surface area contributed by atoms with Gasteiger partial charge in [-0.05, 0) is 67.3 Å². The van der Waals surface area contributed by atoms with Gasteiger partial charge >= 0.3 is 0 Å². The summed E-state index contributed by atoms with van der Waals surface area (Å²) in [4.78, 5) is 0. The highest BCUT2D eigenvalue weighted by Crippen LogP contribution is 2.26. The van der Waals surface area contributed by atoms with E-state index in [-0.39, 0.29) is 0 Å². The third kappa shape index (κ3) is 4.44. The predicted molar refractivity (Wildman–Crippen MR) is 105 cm³/mol. The van der Waals surface area contributed by atoms with Crippen molar-refractivity contribution < 1.29 is 0 Å². The topological polar surface area (TPSA) is 48.8 Å². The maximum absolute atomic E-state index is 3.99. The van der Waals surface area contributed by atoms with Crippen LogP contribution in [0.3, 0.4) is 0 Å². The van der Waals surface area contributed by atoms with Crippen molar-refractivity contribution in [2.75, 3.05) is 10.9 Å². The number of hydrogen-bond donors (Lipinski definition) is 2. The molecule has 0 radical (unpaired) electrons. The highest BCUT2D eigenvalue weighted by Gasteiger charge is 2.03. The van der Waals surface area contributed by atoms with E-state index < -0.39 is 0 Å². The summed E-state index contributed by atoms with van der Waals surface area (Å²) in [5, 5.41) is 7.95. The Labute approximate surface area is 148 Å². The maximum Gasteiger partial charge on any atom is 0.0582 e. The van der Waals surface area contributed by atoms with Crippen molar-refractivity contribution in [1.29, 1.82) is 0 Å². The van der Waals surface area contributed by atoms with E-state index in [1.807, 2.05) is 37.3 Å². The van der Waals surface area contributed by atoms with Crippen molar-refractivity contribution in [1.82, 2.24) is 0 Å². The first-order chi connectivity index (χ1) is 12.1. The van der Waals surface area contributed by atoms with Crippen LogP contribution in [0, 0.1) is 20.8 Å². The molecule has 0 unspecified atom stereocenters. The van der Waals surface area contributed by atoms with E-state index in [1.165, 1.54) is 27.8 Å². The van der Waals surface area contributed by atoms with Gasteiger partial charge in [-0.3, -0.25) is 10.9 Å². The lowest BCUT2D eigenvalue weighted by molar-refractivity contribution is 1.06. The van der Waals surface area contributed by atoms with Crippen LogP contribution in [0.25, 0.3) is 11.1 Å². The van der Waals surface area contributed by atoms with Crippen molar-refractivity contribution in [3.63, 3.8) is 0 Å². The molecule has 3 aromatic carbocycles. The average molecular weight is 330 g/mol. The van der Waals surface area contributed by atoms with Gasteiger partial charge in [-0.2, -0.15) is 0 Å². The largest absolute Gasteiger partial charge is 0.258 e. The predicted octanol–water partition coefficient (Wildman–Crippen LogP) is 6.09. The van der Waals surface area contributed by atoms with Gasteiger partial charge in [0.25, 0.3) is 0 Å². The van der Waals surface area contributed by atoms with Crippen molar-refractivity contribution in [3.05, 3.63) is 83.4 Å². The van der Waals surface area contributed by atoms with Crippen LogP contribution in [0.4, 0.5) is 11.4 Å². The minimum Gasteiger partial charge on any atom is -0.258 e. The molecule has 0 heterocycles. The van der Waals surface area contributed by atoms with E-state index >= 15 is 0 Å². The van der Waals surface area contributed by atoms with Crippen LogP contribution in [0.1, 0.15) is 16.7 Å². The average Bonchev–Trinajstić information content (AvgIpc) is 2.59. The van der Waals surface area contributed by atoms with E-state index in [0.717, 1.165) is 11.4 Å². The maximum atomic E-state index is 3.99. The van der Waals surface area contributed by atoms with E-state index in [4.69, 9.17) is 0 Å². The van der Waals surface area contributed by atoms with Gasteiger partial charge in [-0.25, -0.2) is 0 Å². The Kier molecular flexibility index (Phi) is 5.09. The summed E-state index contributed by atoms with van der Waals surface area (Å²) in [6.07, 6.45) is 0. The Morgan fingerprint density at radius 1 is 0.640 bits per heavy atom. The zero-order valence-electron chi connectivity index (χ0n) is 14.7. The van der Waals surface area contributed by atoms with Crippen molar-refractivity contribution in [2.24, 2.45) is 10.4 Å². The fourth-order valence-corrected chi connectivity index (χ4v) is 2.75. The summed E-state index contributed by atoms with van der Waals surface area (Å²) in [5.74, 6) is 0. The van der Waals surface area contributed by atoms with Crippen LogP contribution >= 0.6 is 0 Å². The Morgan fingerprint density at radius 3 is 1.92 bits per heavy atom. The standard InChI is InChI=1S/C21H22N4/c1-15-6-4-8-18(12-15)21-11-10-20(14-17(21)3)23-25-24-22-19-9-5-7-16(2)13-19/h4-14H,1-3H3,(H,22,25)(H,23,24). The number of anilines is 2. The number of benzene rings is 3. The number of nitrogens with zero attached hydrogens (tertiary/aromatic N) is 2. The van der Waals surface area contributed by atoms with Crippen LogP contribution in [-0.2, 0) is 0 Å². The smallest absolute Gasteiger partial charge is 0.0582 e. The molecule has 3 rings (SSSR count). The molecule has 126 valence electrons. The molecule has 0 amide bonds. The molecule has 4 heteroatoms. The number of nitrogens with one attached hydrogen (secondary N) is 2. The molecule has 0 saturated heterocycles. The van der Waals surface area contributed by atoms with Crippen LogP contribution in [-0.4, -0.2) is 0 Å². The van der Waals surface area contributed by atoms with Crippen molar-refractivity contribution >= 4 is 11.4 Å². The Morgan fingerprint density at radius 2 is 1.28 bits per heavy atom. The number of rotatable bonds is 5. The normalized spacial score (nSPS) is 10.8. The summed E-state index contributed by atoms with van der Waals surface area (Å²) in [5.41, 5.74) is 13.8. The minimum atomic E-state index is 0.906. The molecule has 0 spiro atoms.